The number of hydrogen-bond acceptors (Lipinski definition) is 4. The fourth-order valence-corrected chi connectivity index (χ4v) is 6.13. The Morgan fingerprint density at radius 1 is 1.12 bits per heavy atom. The molecule has 0 aromatic carbocycles. The maximum Gasteiger partial charge on any atom is 0.228 e. The topological polar surface area (TPSA) is 86.8 Å². The molecule has 136 valence electrons. The molecule has 2 amide bonds. The lowest BCUT2D eigenvalue weighted by Crippen LogP contribution is -2.49. The van der Waals surface area contributed by atoms with Gasteiger partial charge in [-0.2, -0.15) is 0 Å². The molecule has 7 nitrogen and oxygen atoms in total. The summed E-state index contributed by atoms with van der Waals surface area (Å²) in [5.74, 6) is 0.158. The van der Waals surface area contributed by atoms with E-state index in [4.69, 9.17) is 0 Å². The van der Waals surface area contributed by atoms with Gasteiger partial charge in [0.25, 0.3) is 0 Å². The minimum atomic E-state index is -3.17. The van der Waals surface area contributed by atoms with Gasteiger partial charge in [-0.3, -0.25) is 9.59 Å². The van der Waals surface area contributed by atoms with E-state index >= 15 is 0 Å². The molecule has 2 saturated heterocycles. The first kappa shape index (κ1) is 17.7. The van der Waals surface area contributed by atoms with Gasteiger partial charge in [0, 0.05) is 40.2 Å². The van der Waals surface area contributed by atoms with E-state index in [1.807, 2.05) is 0 Å². The first-order valence-electron chi connectivity index (χ1n) is 8.57. The van der Waals surface area contributed by atoms with Crippen molar-refractivity contribution in [2.45, 2.75) is 32.6 Å². The molecule has 0 aromatic rings. The molecule has 2 atom stereocenters. The largest absolute Gasteiger partial charge is 0.359 e. The summed E-state index contributed by atoms with van der Waals surface area (Å²) in [6.07, 6.45) is 4.51. The summed E-state index contributed by atoms with van der Waals surface area (Å²) in [5, 5.41) is 2.80. The van der Waals surface area contributed by atoms with Crippen molar-refractivity contribution in [2.24, 2.45) is 16.7 Å². The Balaban J connectivity index is 1.87. The maximum atomic E-state index is 12.7. The quantitative estimate of drug-likeness (QED) is 0.756. The van der Waals surface area contributed by atoms with E-state index in [1.165, 1.54) is 10.6 Å². The van der Waals surface area contributed by atoms with E-state index in [1.54, 1.807) is 18.9 Å². The first-order chi connectivity index (χ1) is 11.1. The Labute approximate surface area is 143 Å². The molecule has 2 aliphatic heterocycles. The molecule has 3 fully saturated rings. The van der Waals surface area contributed by atoms with E-state index in [2.05, 4.69) is 5.32 Å². The summed E-state index contributed by atoms with van der Waals surface area (Å²) < 4.78 is 25.1. The highest BCUT2D eigenvalue weighted by molar-refractivity contribution is 7.88. The molecule has 0 aromatic heterocycles. The lowest BCUT2D eigenvalue weighted by atomic mass is 9.66. The molecule has 0 unspecified atom stereocenters. The lowest BCUT2D eigenvalue weighted by molar-refractivity contribution is -0.133. The number of nitrogens with one attached hydrogen (secondary N) is 1. The van der Waals surface area contributed by atoms with Crippen LogP contribution in [0.2, 0.25) is 0 Å². The number of carbonyl (C=O) groups is 2. The third-order valence-corrected chi connectivity index (χ3v) is 7.97. The number of piperidine rings is 1. The van der Waals surface area contributed by atoms with Gasteiger partial charge in [-0.25, -0.2) is 12.7 Å². The molecule has 1 N–H and O–H groups in total. The molecule has 0 bridgehead atoms. The molecule has 0 radical (unpaired) electrons. The van der Waals surface area contributed by atoms with Crippen LogP contribution in [0, 0.1) is 16.7 Å². The Morgan fingerprint density at radius 2 is 1.75 bits per heavy atom. The fourth-order valence-electron chi connectivity index (χ4n) is 5.28. The summed E-state index contributed by atoms with van der Waals surface area (Å²) in [6.45, 7) is 3.68. The van der Waals surface area contributed by atoms with Gasteiger partial charge in [-0.05, 0) is 37.0 Å². The number of amides is 2. The zero-order chi connectivity index (χ0) is 17.8. The van der Waals surface area contributed by atoms with Crippen LogP contribution in [-0.4, -0.2) is 68.9 Å². The minimum Gasteiger partial charge on any atom is -0.359 e. The highest BCUT2D eigenvalue weighted by Crippen LogP contribution is 2.62. The number of rotatable bonds is 2. The molecule has 3 aliphatic rings. The van der Waals surface area contributed by atoms with Crippen molar-refractivity contribution in [2.75, 3.05) is 39.5 Å². The summed E-state index contributed by atoms with van der Waals surface area (Å²) in [4.78, 5) is 26.4. The van der Waals surface area contributed by atoms with Crippen molar-refractivity contribution in [3.05, 3.63) is 0 Å². The van der Waals surface area contributed by atoms with Gasteiger partial charge in [0.15, 0.2) is 0 Å². The van der Waals surface area contributed by atoms with Gasteiger partial charge >= 0.3 is 0 Å². The van der Waals surface area contributed by atoms with Crippen molar-refractivity contribution in [3.63, 3.8) is 0 Å². The van der Waals surface area contributed by atoms with Crippen molar-refractivity contribution >= 4 is 21.8 Å². The SMILES string of the molecule is CNC(=O)[C@]12CCC3(CCN(S(C)(=O)=O)CC3)[C@H]1CN(C(C)=O)C2. The van der Waals surface area contributed by atoms with E-state index in [0.717, 1.165) is 25.7 Å². The molecule has 1 saturated carbocycles. The van der Waals surface area contributed by atoms with Gasteiger partial charge in [0.05, 0.1) is 11.7 Å². The zero-order valence-electron chi connectivity index (χ0n) is 14.7. The van der Waals surface area contributed by atoms with Gasteiger partial charge < -0.3 is 10.2 Å². The summed E-state index contributed by atoms with van der Waals surface area (Å²) in [5.41, 5.74) is -0.536. The third kappa shape index (κ3) is 2.54. The molecule has 8 heteroatoms. The highest BCUT2D eigenvalue weighted by Gasteiger charge is 2.64. The normalized spacial score (nSPS) is 32.8. The molecule has 24 heavy (non-hydrogen) atoms. The van der Waals surface area contributed by atoms with Crippen LogP contribution in [-0.2, 0) is 19.6 Å². The van der Waals surface area contributed by atoms with Crippen LogP contribution in [0.5, 0.6) is 0 Å². The second-order valence-corrected chi connectivity index (χ2v) is 9.69. The molecular weight excluding hydrogens is 330 g/mol. The Kier molecular flexibility index (Phi) is 4.19. The van der Waals surface area contributed by atoms with Crippen molar-refractivity contribution in [1.82, 2.24) is 14.5 Å². The number of nitrogens with zero attached hydrogens (tertiary/aromatic N) is 2. The van der Waals surface area contributed by atoms with Crippen molar-refractivity contribution in [1.29, 1.82) is 0 Å². The maximum absolute atomic E-state index is 12.7. The van der Waals surface area contributed by atoms with E-state index < -0.39 is 15.4 Å². The van der Waals surface area contributed by atoms with Crippen LogP contribution in [0.25, 0.3) is 0 Å². The summed E-state index contributed by atoms with van der Waals surface area (Å²) in [6, 6.07) is 0. The highest BCUT2D eigenvalue weighted by atomic mass is 32.2. The lowest BCUT2D eigenvalue weighted by Gasteiger charge is -2.43. The van der Waals surface area contributed by atoms with E-state index in [9.17, 15) is 18.0 Å². The Morgan fingerprint density at radius 3 is 2.25 bits per heavy atom. The Hall–Kier alpha value is -1.15. The van der Waals surface area contributed by atoms with Gasteiger partial charge in [0.1, 0.15) is 0 Å². The molecule has 1 spiro atoms. The molecular formula is C16H27N3O4S. The van der Waals surface area contributed by atoms with E-state index in [-0.39, 0.29) is 23.1 Å². The minimum absolute atomic E-state index is 0.0106. The average Bonchev–Trinajstić information content (AvgIpc) is 3.04. The van der Waals surface area contributed by atoms with E-state index in [0.29, 0.717) is 26.2 Å². The second-order valence-electron chi connectivity index (χ2n) is 7.71. The van der Waals surface area contributed by atoms with Crippen LogP contribution in [0.3, 0.4) is 0 Å². The van der Waals surface area contributed by atoms with Crippen molar-refractivity contribution in [3.8, 4) is 0 Å². The summed E-state index contributed by atoms with van der Waals surface area (Å²) in [7, 11) is -1.51. The van der Waals surface area contributed by atoms with Crippen molar-refractivity contribution < 1.29 is 18.0 Å². The van der Waals surface area contributed by atoms with Crippen LogP contribution in [0.4, 0.5) is 0 Å². The standard InChI is InChI=1S/C16H27N3O4S/c1-12(20)18-10-13-15(4-5-16(13,11-18)14(21)17-2)6-8-19(9-7-15)24(3,22)23/h13H,4-11H2,1-3H3,(H,17,21)/t13-,16+/m1/s1. The fraction of sp³-hybridized carbons (Fsp3) is 0.875. The predicted molar refractivity (Wildman–Crippen MR) is 89.6 cm³/mol. The monoisotopic (exact) mass is 357 g/mol. The van der Waals surface area contributed by atoms with Crippen LogP contribution in [0.1, 0.15) is 32.6 Å². The number of carbonyl (C=O) groups excluding carboxylic acids is 2. The summed E-state index contributed by atoms with van der Waals surface area (Å²) >= 11 is 0. The predicted octanol–water partition coefficient (Wildman–Crippen LogP) is 0.0327. The zero-order valence-corrected chi connectivity index (χ0v) is 15.5. The second kappa shape index (κ2) is 5.69. The number of hydrogen-bond donors (Lipinski definition) is 1. The number of sulfonamides is 1. The smallest absolute Gasteiger partial charge is 0.228 e. The van der Waals surface area contributed by atoms with Gasteiger partial charge in [-0.1, -0.05) is 0 Å². The molecule has 1 aliphatic carbocycles. The number of fused-ring (bicyclic) bond motifs is 2. The average molecular weight is 357 g/mol. The Bertz CT molecular complexity index is 654. The van der Waals surface area contributed by atoms with Crippen LogP contribution in [0.15, 0.2) is 0 Å². The van der Waals surface area contributed by atoms with Crippen LogP contribution < -0.4 is 5.32 Å². The van der Waals surface area contributed by atoms with Gasteiger partial charge in [0.2, 0.25) is 21.8 Å². The third-order valence-electron chi connectivity index (χ3n) is 6.66. The van der Waals surface area contributed by atoms with Crippen LogP contribution >= 0.6 is 0 Å². The molecule has 2 heterocycles. The molecule has 3 rings (SSSR count). The number of likely N-dealkylation sites (tertiary alicyclic amines) is 1. The van der Waals surface area contributed by atoms with Gasteiger partial charge in [-0.15, -0.1) is 0 Å². The first-order valence-corrected chi connectivity index (χ1v) is 10.4.